The van der Waals surface area contributed by atoms with Crippen LogP contribution in [0.3, 0.4) is 0 Å². The summed E-state index contributed by atoms with van der Waals surface area (Å²) in [4.78, 5) is 21.3. The lowest BCUT2D eigenvalue weighted by molar-refractivity contribution is -0.133. The van der Waals surface area contributed by atoms with Gasteiger partial charge in [-0.2, -0.15) is 0 Å². The summed E-state index contributed by atoms with van der Waals surface area (Å²) in [6.07, 6.45) is 4.16. The van der Waals surface area contributed by atoms with Crippen LogP contribution in [0.25, 0.3) is 0 Å². The Kier molecular flexibility index (Phi) is 6.21. The highest BCUT2D eigenvalue weighted by Crippen LogP contribution is 2.26. The van der Waals surface area contributed by atoms with Crippen LogP contribution in [0.2, 0.25) is 0 Å². The molecule has 0 saturated carbocycles. The first-order chi connectivity index (χ1) is 8.72. The zero-order valence-corrected chi connectivity index (χ0v) is 11.4. The SMILES string of the molecule is CCC(Sc1ccncc1)C(=NOC)C(=O)OC. The number of esters is 1. The third-order valence-electron chi connectivity index (χ3n) is 2.19. The van der Waals surface area contributed by atoms with Crippen molar-refractivity contribution in [1.82, 2.24) is 4.98 Å². The summed E-state index contributed by atoms with van der Waals surface area (Å²) in [5, 5.41) is 3.66. The van der Waals surface area contributed by atoms with Gasteiger partial charge in [0, 0.05) is 17.3 Å². The summed E-state index contributed by atoms with van der Waals surface area (Å²) in [5.41, 5.74) is 0.282. The van der Waals surface area contributed by atoms with E-state index >= 15 is 0 Å². The number of methoxy groups -OCH3 is 1. The summed E-state index contributed by atoms with van der Waals surface area (Å²) < 4.78 is 4.71. The molecule has 0 aromatic carbocycles. The molecule has 1 atom stereocenters. The van der Waals surface area contributed by atoms with Crippen LogP contribution in [0.4, 0.5) is 0 Å². The number of carbonyl (C=O) groups excluding carboxylic acids is 1. The molecule has 0 aliphatic rings. The van der Waals surface area contributed by atoms with Crippen molar-refractivity contribution in [3.8, 4) is 0 Å². The maximum absolute atomic E-state index is 11.6. The van der Waals surface area contributed by atoms with Gasteiger partial charge in [-0.05, 0) is 18.6 Å². The van der Waals surface area contributed by atoms with E-state index in [2.05, 4.69) is 10.1 Å². The Morgan fingerprint density at radius 2 is 2.11 bits per heavy atom. The number of thioether (sulfide) groups is 1. The van der Waals surface area contributed by atoms with E-state index in [1.165, 1.54) is 26.0 Å². The average Bonchev–Trinajstić information content (AvgIpc) is 2.43. The Hall–Kier alpha value is -1.56. The van der Waals surface area contributed by atoms with Crippen molar-refractivity contribution in [2.75, 3.05) is 14.2 Å². The van der Waals surface area contributed by atoms with Gasteiger partial charge in [-0.1, -0.05) is 12.1 Å². The monoisotopic (exact) mass is 268 g/mol. The quantitative estimate of drug-likeness (QED) is 0.342. The second kappa shape index (κ2) is 7.71. The smallest absolute Gasteiger partial charge is 0.357 e. The minimum Gasteiger partial charge on any atom is -0.464 e. The fourth-order valence-corrected chi connectivity index (χ4v) is 2.37. The van der Waals surface area contributed by atoms with Gasteiger partial charge < -0.3 is 9.57 Å². The van der Waals surface area contributed by atoms with Gasteiger partial charge in [0.15, 0.2) is 5.71 Å². The molecule has 0 aliphatic carbocycles. The highest BCUT2D eigenvalue weighted by atomic mass is 32.2. The van der Waals surface area contributed by atoms with E-state index in [0.717, 1.165) is 11.3 Å². The zero-order chi connectivity index (χ0) is 13.4. The summed E-state index contributed by atoms with van der Waals surface area (Å²) in [7, 11) is 2.74. The maximum Gasteiger partial charge on any atom is 0.357 e. The normalized spacial score (nSPS) is 12.9. The molecule has 1 rings (SSSR count). The van der Waals surface area contributed by atoms with Gasteiger partial charge in [0.05, 0.1) is 12.4 Å². The molecular formula is C12H16N2O3S. The first kappa shape index (κ1) is 14.5. The van der Waals surface area contributed by atoms with Crippen LogP contribution >= 0.6 is 11.8 Å². The van der Waals surface area contributed by atoms with E-state index in [1.54, 1.807) is 12.4 Å². The van der Waals surface area contributed by atoms with Crippen LogP contribution in [0.5, 0.6) is 0 Å². The largest absolute Gasteiger partial charge is 0.464 e. The number of rotatable bonds is 6. The fraction of sp³-hybridized carbons (Fsp3) is 0.417. The molecule has 18 heavy (non-hydrogen) atoms. The third-order valence-corrected chi connectivity index (χ3v) is 3.57. The van der Waals surface area contributed by atoms with Crippen LogP contribution in [0.15, 0.2) is 34.6 Å². The van der Waals surface area contributed by atoms with Crippen molar-refractivity contribution in [2.24, 2.45) is 5.16 Å². The van der Waals surface area contributed by atoms with Crippen molar-refractivity contribution in [2.45, 2.75) is 23.5 Å². The summed E-state index contributed by atoms with van der Waals surface area (Å²) in [5.74, 6) is -0.467. The van der Waals surface area contributed by atoms with Gasteiger partial charge in [-0.15, -0.1) is 11.8 Å². The number of hydrogen-bond acceptors (Lipinski definition) is 6. The van der Waals surface area contributed by atoms with Gasteiger partial charge in [-0.25, -0.2) is 4.79 Å². The number of pyridine rings is 1. The lowest BCUT2D eigenvalue weighted by atomic mass is 10.2. The van der Waals surface area contributed by atoms with Crippen LogP contribution in [-0.2, 0) is 14.4 Å². The average molecular weight is 268 g/mol. The summed E-state index contributed by atoms with van der Waals surface area (Å²) in [6, 6.07) is 3.77. The van der Waals surface area contributed by atoms with Crippen molar-refractivity contribution in [3.63, 3.8) is 0 Å². The van der Waals surface area contributed by atoms with E-state index in [9.17, 15) is 4.79 Å². The van der Waals surface area contributed by atoms with Gasteiger partial charge in [0.1, 0.15) is 7.11 Å². The lowest BCUT2D eigenvalue weighted by Crippen LogP contribution is -2.27. The molecule has 1 unspecified atom stereocenters. The standard InChI is InChI=1S/C12H16N2O3S/c1-4-10(11(14-17-3)12(15)16-2)18-9-5-7-13-8-6-9/h5-8,10H,4H2,1-3H3. The van der Waals surface area contributed by atoms with E-state index in [1.807, 2.05) is 19.1 Å². The van der Waals surface area contributed by atoms with Crippen LogP contribution < -0.4 is 0 Å². The van der Waals surface area contributed by atoms with Crippen molar-refractivity contribution < 1.29 is 14.4 Å². The van der Waals surface area contributed by atoms with E-state index in [0.29, 0.717) is 0 Å². The third kappa shape index (κ3) is 4.03. The molecule has 0 spiro atoms. The predicted molar refractivity (Wildman–Crippen MR) is 70.6 cm³/mol. The Morgan fingerprint density at radius 1 is 1.44 bits per heavy atom. The first-order valence-electron chi connectivity index (χ1n) is 5.49. The van der Waals surface area contributed by atoms with Crippen LogP contribution in [-0.4, -0.2) is 36.1 Å². The molecule has 1 heterocycles. The number of oxime groups is 1. The molecule has 0 amide bonds. The van der Waals surface area contributed by atoms with Gasteiger partial charge >= 0.3 is 5.97 Å². The zero-order valence-electron chi connectivity index (χ0n) is 10.6. The second-order valence-electron chi connectivity index (χ2n) is 3.35. The minimum absolute atomic E-state index is 0.111. The van der Waals surface area contributed by atoms with E-state index in [-0.39, 0.29) is 11.0 Å². The Morgan fingerprint density at radius 3 is 2.61 bits per heavy atom. The maximum atomic E-state index is 11.6. The molecule has 0 saturated heterocycles. The number of hydrogen-bond donors (Lipinski definition) is 0. The Bertz CT molecular complexity index is 409. The molecule has 1 aromatic heterocycles. The number of carbonyl (C=O) groups is 1. The topological polar surface area (TPSA) is 60.8 Å². The molecule has 0 aliphatic heterocycles. The molecule has 0 N–H and O–H groups in total. The number of nitrogens with zero attached hydrogens (tertiary/aromatic N) is 2. The molecule has 6 heteroatoms. The first-order valence-corrected chi connectivity index (χ1v) is 6.36. The van der Waals surface area contributed by atoms with Gasteiger partial charge in [-0.3, -0.25) is 4.98 Å². The van der Waals surface area contributed by atoms with Gasteiger partial charge in [0.25, 0.3) is 0 Å². The molecule has 5 nitrogen and oxygen atoms in total. The molecule has 0 bridgehead atoms. The van der Waals surface area contributed by atoms with E-state index in [4.69, 9.17) is 9.57 Å². The van der Waals surface area contributed by atoms with E-state index < -0.39 is 5.97 Å². The lowest BCUT2D eigenvalue weighted by Gasteiger charge is -2.14. The molecule has 98 valence electrons. The number of ether oxygens (including phenoxy) is 1. The highest BCUT2D eigenvalue weighted by Gasteiger charge is 2.24. The predicted octanol–water partition coefficient (Wildman–Crippen LogP) is 2.13. The van der Waals surface area contributed by atoms with Crippen LogP contribution in [0, 0.1) is 0 Å². The number of aromatic nitrogens is 1. The minimum atomic E-state index is -0.467. The second-order valence-corrected chi connectivity index (χ2v) is 4.62. The van der Waals surface area contributed by atoms with Crippen molar-refractivity contribution in [1.29, 1.82) is 0 Å². The molecule has 0 fully saturated rings. The summed E-state index contributed by atoms with van der Waals surface area (Å²) >= 11 is 1.53. The molecular weight excluding hydrogens is 252 g/mol. The fourth-order valence-electron chi connectivity index (χ4n) is 1.34. The highest BCUT2D eigenvalue weighted by molar-refractivity contribution is 8.00. The Labute approximate surface area is 111 Å². The van der Waals surface area contributed by atoms with Gasteiger partial charge in [0.2, 0.25) is 0 Å². The van der Waals surface area contributed by atoms with Crippen molar-refractivity contribution in [3.05, 3.63) is 24.5 Å². The molecule has 0 radical (unpaired) electrons. The van der Waals surface area contributed by atoms with Crippen LogP contribution in [0.1, 0.15) is 13.3 Å². The summed E-state index contributed by atoms with van der Waals surface area (Å²) in [6.45, 7) is 1.98. The molecule has 1 aromatic rings. The Balaban J connectivity index is 2.86. The van der Waals surface area contributed by atoms with Crippen molar-refractivity contribution >= 4 is 23.4 Å².